The average molecular weight is 389 g/mol. The lowest BCUT2D eigenvalue weighted by atomic mass is 10.1. The van der Waals surface area contributed by atoms with Crippen LogP contribution in [-0.4, -0.2) is 6.21 Å². The highest BCUT2D eigenvalue weighted by molar-refractivity contribution is 8.21. The molecular formula is C20H15F3NPS. The van der Waals surface area contributed by atoms with Crippen molar-refractivity contribution in [3.05, 3.63) is 96.1 Å². The Morgan fingerprint density at radius 1 is 0.769 bits per heavy atom. The highest BCUT2D eigenvalue weighted by Gasteiger charge is 2.30. The van der Waals surface area contributed by atoms with Gasteiger partial charge in [-0.15, -0.1) is 0 Å². The van der Waals surface area contributed by atoms with Crippen LogP contribution in [0.1, 0.15) is 11.1 Å². The molecule has 0 aromatic heterocycles. The Kier molecular flexibility index (Phi) is 5.40. The van der Waals surface area contributed by atoms with E-state index in [9.17, 15) is 13.2 Å². The summed E-state index contributed by atoms with van der Waals surface area (Å²) in [6, 6.07) is 24.1. The first kappa shape index (κ1) is 18.6. The third kappa shape index (κ3) is 4.12. The van der Waals surface area contributed by atoms with Gasteiger partial charge in [0.2, 0.25) is 0 Å². The molecule has 0 heterocycles. The second-order valence-electron chi connectivity index (χ2n) is 5.61. The maximum atomic E-state index is 12.9. The van der Waals surface area contributed by atoms with Gasteiger partial charge in [-0.3, -0.25) is 4.76 Å². The smallest absolute Gasteiger partial charge is 0.251 e. The first-order valence-electron chi connectivity index (χ1n) is 7.84. The van der Waals surface area contributed by atoms with Gasteiger partial charge in [0.1, 0.15) is 6.19 Å². The van der Waals surface area contributed by atoms with E-state index in [1.807, 2.05) is 60.7 Å². The molecule has 26 heavy (non-hydrogen) atoms. The zero-order valence-corrected chi connectivity index (χ0v) is 15.3. The molecule has 0 aliphatic carbocycles. The second kappa shape index (κ2) is 7.56. The number of halogens is 3. The molecule has 132 valence electrons. The van der Waals surface area contributed by atoms with Crippen molar-refractivity contribution in [3.8, 4) is 0 Å². The fourth-order valence-corrected chi connectivity index (χ4v) is 5.37. The van der Waals surface area contributed by atoms with Gasteiger partial charge in [-0.25, -0.2) is 0 Å². The van der Waals surface area contributed by atoms with Gasteiger partial charge < -0.3 is 0 Å². The molecule has 0 spiro atoms. The van der Waals surface area contributed by atoms with E-state index in [4.69, 9.17) is 11.8 Å². The quantitative estimate of drug-likeness (QED) is 0.443. The van der Waals surface area contributed by atoms with Crippen molar-refractivity contribution in [3.63, 3.8) is 0 Å². The predicted octanol–water partition coefficient (Wildman–Crippen LogP) is 5.17. The van der Waals surface area contributed by atoms with Crippen LogP contribution in [0.4, 0.5) is 13.2 Å². The minimum atomic E-state index is -4.39. The van der Waals surface area contributed by atoms with E-state index in [0.29, 0.717) is 5.56 Å². The van der Waals surface area contributed by atoms with Crippen molar-refractivity contribution in [1.82, 2.24) is 0 Å². The Morgan fingerprint density at radius 3 is 1.81 bits per heavy atom. The zero-order valence-electron chi connectivity index (χ0n) is 13.6. The van der Waals surface area contributed by atoms with E-state index in [-0.39, 0.29) is 0 Å². The first-order valence-corrected chi connectivity index (χ1v) is 10.6. The summed E-state index contributed by atoms with van der Waals surface area (Å²) in [6.07, 6.45) is -5.46. The van der Waals surface area contributed by atoms with Crippen molar-refractivity contribution >= 4 is 34.8 Å². The SMILES string of the molecule is FC(F)(F)c1cccc(/C=N/P(=S)(c2ccccc2)c2ccccc2)c1. The summed E-state index contributed by atoms with van der Waals surface area (Å²) >= 11 is 5.93. The molecule has 0 fully saturated rings. The van der Waals surface area contributed by atoms with Gasteiger partial charge in [0, 0.05) is 16.8 Å². The van der Waals surface area contributed by atoms with Gasteiger partial charge >= 0.3 is 6.18 Å². The maximum absolute atomic E-state index is 12.9. The van der Waals surface area contributed by atoms with Crippen LogP contribution in [-0.2, 0) is 18.0 Å². The number of nitrogens with zero attached hydrogens (tertiary/aromatic N) is 1. The number of benzene rings is 3. The first-order chi connectivity index (χ1) is 12.4. The maximum Gasteiger partial charge on any atom is 0.416 e. The van der Waals surface area contributed by atoms with Crippen LogP contribution < -0.4 is 10.6 Å². The molecule has 3 rings (SSSR count). The monoisotopic (exact) mass is 389 g/mol. The van der Waals surface area contributed by atoms with Crippen LogP contribution in [0.5, 0.6) is 0 Å². The Hall–Kier alpha value is -2.23. The fraction of sp³-hybridized carbons (Fsp3) is 0.0500. The Bertz CT molecular complexity index is 910. The van der Waals surface area contributed by atoms with Gasteiger partial charge in [-0.05, 0) is 17.7 Å². The van der Waals surface area contributed by atoms with Crippen molar-refractivity contribution in [2.45, 2.75) is 6.18 Å². The van der Waals surface area contributed by atoms with E-state index in [2.05, 4.69) is 4.76 Å². The molecular weight excluding hydrogens is 374 g/mol. The normalized spacial score (nSPS) is 12.4. The van der Waals surface area contributed by atoms with Crippen LogP contribution >= 0.6 is 6.19 Å². The van der Waals surface area contributed by atoms with E-state index >= 15 is 0 Å². The molecule has 0 aliphatic heterocycles. The lowest BCUT2D eigenvalue weighted by Gasteiger charge is -2.18. The third-order valence-electron chi connectivity index (χ3n) is 3.80. The molecule has 0 atom stereocenters. The molecule has 0 radical (unpaired) electrons. The van der Waals surface area contributed by atoms with E-state index < -0.39 is 17.9 Å². The summed E-state index contributed by atoms with van der Waals surface area (Å²) in [5, 5.41) is 1.79. The van der Waals surface area contributed by atoms with Crippen molar-refractivity contribution in [2.24, 2.45) is 4.76 Å². The van der Waals surface area contributed by atoms with Gasteiger partial charge in [-0.1, -0.05) is 84.6 Å². The van der Waals surface area contributed by atoms with Crippen LogP contribution in [0.15, 0.2) is 89.7 Å². The molecule has 0 bridgehead atoms. The van der Waals surface area contributed by atoms with Crippen LogP contribution in [0.2, 0.25) is 0 Å². The predicted molar refractivity (Wildman–Crippen MR) is 105 cm³/mol. The number of alkyl halides is 3. The third-order valence-corrected chi connectivity index (χ3v) is 7.78. The Labute approximate surface area is 155 Å². The van der Waals surface area contributed by atoms with E-state index in [1.54, 1.807) is 6.07 Å². The molecule has 0 unspecified atom stereocenters. The van der Waals surface area contributed by atoms with Crippen LogP contribution in [0.25, 0.3) is 0 Å². The molecule has 0 saturated heterocycles. The van der Waals surface area contributed by atoms with Gasteiger partial charge in [-0.2, -0.15) is 13.2 Å². The molecule has 0 saturated carbocycles. The van der Waals surface area contributed by atoms with Crippen molar-refractivity contribution < 1.29 is 13.2 Å². The summed E-state index contributed by atoms with van der Waals surface area (Å²) in [6.45, 7) is 0. The summed E-state index contributed by atoms with van der Waals surface area (Å²) in [5.74, 6) is 0. The fourth-order valence-electron chi connectivity index (χ4n) is 2.49. The lowest BCUT2D eigenvalue weighted by molar-refractivity contribution is -0.137. The highest BCUT2D eigenvalue weighted by atomic mass is 32.4. The molecule has 0 N–H and O–H groups in total. The minimum absolute atomic E-state index is 0.376. The van der Waals surface area contributed by atoms with Gasteiger partial charge in [0.25, 0.3) is 0 Å². The van der Waals surface area contributed by atoms with Gasteiger partial charge in [0.15, 0.2) is 0 Å². The molecule has 0 amide bonds. The molecule has 3 aromatic carbocycles. The van der Waals surface area contributed by atoms with Crippen LogP contribution in [0.3, 0.4) is 0 Å². The second-order valence-corrected chi connectivity index (χ2v) is 9.62. The van der Waals surface area contributed by atoms with E-state index in [0.717, 1.165) is 22.7 Å². The minimum Gasteiger partial charge on any atom is -0.251 e. The summed E-state index contributed by atoms with van der Waals surface area (Å²) in [4.78, 5) is 0. The zero-order chi connectivity index (χ0) is 18.6. The highest BCUT2D eigenvalue weighted by Crippen LogP contribution is 2.45. The summed E-state index contributed by atoms with van der Waals surface area (Å²) < 4.78 is 43.4. The number of rotatable bonds is 4. The lowest BCUT2D eigenvalue weighted by Crippen LogP contribution is -2.14. The van der Waals surface area contributed by atoms with E-state index in [1.165, 1.54) is 12.3 Å². The van der Waals surface area contributed by atoms with Crippen molar-refractivity contribution in [2.75, 3.05) is 0 Å². The Morgan fingerprint density at radius 2 is 1.31 bits per heavy atom. The average Bonchev–Trinajstić information content (AvgIpc) is 2.67. The van der Waals surface area contributed by atoms with Crippen molar-refractivity contribution in [1.29, 1.82) is 0 Å². The molecule has 6 heteroatoms. The Balaban J connectivity index is 2.05. The van der Waals surface area contributed by atoms with Crippen LogP contribution in [0, 0.1) is 0 Å². The number of hydrogen-bond donors (Lipinski definition) is 0. The molecule has 1 nitrogen and oxygen atoms in total. The number of hydrogen-bond acceptors (Lipinski definition) is 1. The standard InChI is InChI=1S/C20H15F3NPS/c21-20(22,23)17-9-7-8-16(14-17)15-24-25(26,18-10-3-1-4-11-18)19-12-5-2-6-13-19/h1-15H/b24-15+. The molecule has 3 aromatic rings. The topological polar surface area (TPSA) is 12.4 Å². The summed E-state index contributed by atoms with van der Waals surface area (Å²) in [7, 11) is 0. The van der Waals surface area contributed by atoms with Gasteiger partial charge in [0.05, 0.1) is 5.56 Å². The molecule has 0 aliphatic rings. The largest absolute Gasteiger partial charge is 0.416 e. The summed E-state index contributed by atoms with van der Waals surface area (Å²) in [5.41, 5.74) is -0.324.